The van der Waals surface area contributed by atoms with Gasteiger partial charge in [-0.05, 0) is 32.2 Å². The van der Waals surface area contributed by atoms with Crippen LogP contribution in [0.1, 0.15) is 45.3 Å². The van der Waals surface area contributed by atoms with Gasteiger partial charge in [0.15, 0.2) is 5.13 Å². The lowest BCUT2D eigenvalue weighted by molar-refractivity contribution is 0.182. The molecule has 2 unspecified atom stereocenters. The molecule has 1 aliphatic heterocycles. The van der Waals surface area contributed by atoms with Gasteiger partial charge in [-0.2, -0.15) is 0 Å². The van der Waals surface area contributed by atoms with Gasteiger partial charge < -0.3 is 10.2 Å². The molecule has 1 aromatic heterocycles. The molecule has 0 aromatic carbocycles. The van der Waals surface area contributed by atoms with Gasteiger partial charge in [0.05, 0.1) is 5.69 Å². The van der Waals surface area contributed by atoms with Crippen LogP contribution in [0, 0.1) is 5.92 Å². The maximum absolute atomic E-state index is 12.2. The summed E-state index contributed by atoms with van der Waals surface area (Å²) in [4.78, 5) is 18.6. The predicted molar refractivity (Wildman–Crippen MR) is 83.2 cm³/mol. The Morgan fingerprint density at radius 3 is 3.15 bits per heavy atom. The topological polar surface area (TPSA) is 57.3 Å². The molecule has 0 bridgehead atoms. The Hall–Kier alpha value is -1.14. The zero-order valence-corrected chi connectivity index (χ0v) is 13.3. The molecule has 2 N–H and O–H groups in total. The highest BCUT2D eigenvalue weighted by Crippen LogP contribution is 2.22. The van der Waals surface area contributed by atoms with E-state index >= 15 is 0 Å². The maximum Gasteiger partial charge on any atom is 0.323 e. The van der Waals surface area contributed by atoms with Gasteiger partial charge >= 0.3 is 6.03 Å². The van der Waals surface area contributed by atoms with E-state index in [1.54, 1.807) is 0 Å². The van der Waals surface area contributed by atoms with Crippen molar-refractivity contribution in [1.82, 2.24) is 15.2 Å². The van der Waals surface area contributed by atoms with Crippen LogP contribution in [-0.2, 0) is 0 Å². The van der Waals surface area contributed by atoms with Crippen LogP contribution in [0.4, 0.5) is 9.93 Å². The average molecular weight is 296 g/mol. The van der Waals surface area contributed by atoms with Gasteiger partial charge in [-0.3, -0.25) is 5.32 Å². The number of thiazole rings is 1. The first-order chi connectivity index (χ1) is 9.60. The van der Waals surface area contributed by atoms with E-state index in [1.165, 1.54) is 17.8 Å². The first kappa shape index (κ1) is 15.3. The average Bonchev–Trinajstić information content (AvgIpc) is 2.87. The number of hydrogen-bond acceptors (Lipinski definition) is 4. The fraction of sp³-hybridized carbons (Fsp3) is 0.714. The highest BCUT2D eigenvalue weighted by atomic mass is 32.1. The first-order valence-corrected chi connectivity index (χ1v) is 8.22. The molecule has 2 heterocycles. The predicted octanol–water partition coefficient (Wildman–Crippen LogP) is 3.08. The van der Waals surface area contributed by atoms with Gasteiger partial charge in [0.25, 0.3) is 0 Å². The van der Waals surface area contributed by atoms with Crippen molar-refractivity contribution in [2.75, 3.05) is 25.0 Å². The normalized spacial score (nSPS) is 20.8. The fourth-order valence-corrected chi connectivity index (χ4v) is 3.29. The van der Waals surface area contributed by atoms with E-state index in [4.69, 9.17) is 0 Å². The number of nitrogens with zero attached hydrogens (tertiary/aromatic N) is 2. The summed E-state index contributed by atoms with van der Waals surface area (Å²) in [5.41, 5.74) is 0.985. The molecular formula is C14H24N4OS. The van der Waals surface area contributed by atoms with Crippen molar-refractivity contribution >= 4 is 22.5 Å². The number of carbonyl (C=O) groups excluding carboxylic acids is 1. The first-order valence-electron chi connectivity index (χ1n) is 7.35. The van der Waals surface area contributed by atoms with Gasteiger partial charge in [0.2, 0.25) is 0 Å². The van der Waals surface area contributed by atoms with Crippen molar-refractivity contribution < 1.29 is 4.79 Å². The molecule has 112 valence electrons. The molecule has 2 rings (SSSR count). The summed E-state index contributed by atoms with van der Waals surface area (Å²) in [6.45, 7) is 8.95. The number of carbonyl (C=O) groups is 1. The zero-order chi connectivity index (χ0) is 14.5. The molecule has 1 aromatic rings. The second-order valence-corrected chi connectivity index (χ2v) is 6.34. The van der Waals surface area contributed by atoms with Gasteiger partial charge in [-0.25, -0.2) is 9.78 Å². The number of rotatable bonds is 4. The Labute approximate surface area is 124 Å². The number of amides is 2. The molecule has 1 saturated heterocycles. The summed E-state index contributed by atoms with van der Waals surface area (Å²) in [5.74, 6) is 0.593. The van der Waals surface area contributed by atoms with E-state index in [0.717, 1.165) is 31.7 Å². The summed E-state index contributed by atoms with van der Waals surface area (Å²) < 4.78 is 0. The molecule has 0 radical (unpaired) electrons. The Morgan fingerprint density at radius 1 is 1.65 bits per heavy atom. The lowest BCUT2D eigenvalue weighted by Crippen LogP contribution is -2.41. The third-order valence-corrected chi connectivity index (χ3v) is 4.41. The third-order valence-electron chi connectivity index (χ3n) is 3.63. The van der Waals surface area contributed by atoms with Crippen LogP contribution in [0.2, 0.25) is 0 Å². The second-order valence-electron chi connectivity index (χ2n) is 5.48. The van der Waals surface area contributed by atoms with Crippen molar-refractivity contribution in [3.8, 4) is 0 Å². The van der Waals surface area contributed by atoms with Crippen molar-refractivity contribution in [3.05, 3.63) is 11.1 Å². The van der Waals surface area contributed by atoms with E-state index in [1.807, 2.05) is 10.3 Å². The van der Waals surface area contributed by atoms with Crippen molar-refractivity contribution in [1.29, 1.82) is 0 Å². The van der Waals surface area contributed by atoms with Crippen molar-refractivity contribution in [2.24, 2.45) is 5.92 Å². The summed E-state index contributed by atoms with van der Waals surface area (Å²) in [6, 6.07) is 0.200. The number of likely N-dealkylation sites (tertiary alicyclic amines) is 1. The highest BCUT2D eigenvalue weighted by Gasteiger charge is 2.21. The molecule has 0 aliphatic carbocycles. The Morgan fingerprint density at radius 2 is 2.45 bits per heavy atom. The minimum absolute atomic E-state index is 0.0199. The van der Waals surface area contributed by atoms with Crippen LogP contribution in [0.25, 0.3) is 0 Å². The summed E-state index contributed by atoms with van der Waals surface area (Å²) >= 11 is 1.49. The van der Waals surface area contributed by atoms with Crippen LogP contribution >= 0.6 is 11.3 Å². The number of urea groups is 1. The Bertz CT molecular complexity index is 448. The molecule has 6 heteroatoms. The zero-order valence-electron chi connectivity index (χ0n) is 12.5. The number of nitrogens with one attached hydrogen (secondary N) is 2. The van der Waals surface area contributed by atoms with E-state index < -0.39 is 0 Å². The summed E-state index contributed by atoms with van der Waals surface area (Å²) in [5, 5.41) is 8.92. The smallest absolute Gasteiger partial charge is 0.323 e. The fourth-order valence-electron chi connectivity index (χ4n) is 2.50. The van der Waals surface area contributed by atoms with Gasteiger partial charge in [0.1, 0.15) is 0 Å². The number of hydrogen-bond donors (Lipinski definition) is 2. The number of aromatic nitrogens is 1. The van der Waals surface area contributed by atoms with E-state index in [-0.39, 0.29) is 12.1 Å². The molecule has 5 nitrogen and oxygen atoms in total. The van der Waals surface area contributed by atoms with Gasteiger partial charge in [-0.1, -0.05) is 13.8 Å². The molecule has 0 saturated carbocycles. The van der Waals surface area contributed by atoms with Gasteiger partial charge in [-0.15, -0.1) is 11.3 Å². The number of piperidine rings is 1. The van der Waals surface area contributed by atoms with Crippen LogP contribution in [-0.4, -0.2) is 35.5 Å². The van der Waals surface area contributed by atoms with E-state index in [9.17, 15) is 4.79 Å². The SMILES string of the molecule is CCNC(C)c1csc(NC(=O)N2CCCC(C)C2)n1. The molecule has 1 aliphatic rings. The maximum atomic E-state index is 12.2. The summed E-state index contributed by atoms with van der Waals surface area (Å²) in [6.07, 6.45) is 2.31. The van der Waals surface area contributed by atoms with Crippen molar-refractivity contribution in [3.63, 3.8) is 0 Å². The monoisotopic (exact) mass is 296 g/mol. The largest absolute Gasteiger partial charge is 0.324 e. The summed E-state index contributed by atoms with van der Waals surface area (Å²) in [7, 11) is 0. The Balaban J connectivity index is 1.91. The van der Waals surface area contributed by atoms with E-state index in [2.05, 4.69) is 36.4 Å². The van der Waals surface area contributed by atoms with E-state index in [0.29, 0.717) is 11.0 Å². The lowest BCUT2D eigenvalue weighted by Gasteiger charge is -2.30. The molecular weight excluding hydrogens is 272 g/mol. The van der Waals surface area contributed by atoms with Crippen molar-refractivity contribution in [2.45, 2.75) is 39.7 Å². The third kappa shape index (κ3) is 3.93. The quantitative estimate of drug-likeness (QED) is 0.897. The van der Waals surface area contributed by atoms with Gasteiger partial charge in [0, 0.05) is 24.5 Å². The molecule has 1 fully saturated rings. The second kappa shape index (κ2) is 7.04. The van der Waals surface area contributed by atoms with Crippen LogP contribution in [0.15, 0.2) is 5.38 Å². The molecule has 2 amide bonds. The Kier molecular flexibility index (Phi) is 5.37. The molecule has 20 heavy (non-hydrogen) atoms. The highest BCUT2D eigenvalue weighted by molar-refractivity contribution is 7.13. The minimum Gasteiger partial charge on any atom is -0.324 e. The number of anilines is 1. The lowest BCUT2D eigenvalue weighted by atomic mass is 10.0. The van der Waals surface area contributed by atoms with Crippen LogP contribution in [0.3, 0.4) is 0 Å². The minimum atomic E-state index is -0.0199. The van der Waals surface area contributed by atoms with Crippen LogP contribution in [0.5, 0.6) is 0 Å². The standard InChI is InChI=1S/C14H24N4OS/c1-4-15-11(3)12-9-20-13(16-12)17-14(19)18-7-5-6-10(2)8-18/h9-11,15H,4-8H2,1-3H3,(H,16,17,19). The molecule has 0 spiro atoms. The molecule has 2 atom stereocenters. The van der Waals surface area contributed by atoms with Crippen LogP contribution < -0.4 is 10.6 Å².